The summed E-state index contributed by atoms with van der Waals surface area (Å²) in [6, 6.07) is 7.61. The molecule has 0 aliphatic heterocycles. The van der Waals surface area contributed by atoms with Crippen molar-refractivity contribution in [2.45, 2.75) is 6.92 Å². The molecular weight excluding hydrogens is 233 g/mol. The minimum atomic E-state index is -0.300. The number of halogens is 1. The van der Waals surface area contributed by atoms with Gasteiger partial charge in [0.1, 0.15) is 5.82 Å². The molecule has 0 atom stereocenters. The first-order chi connectivity index (χ1) is 8.65. The lowest BCUT2D eigenvalue weighted by molar-refractivity contribution is 0.629. The van der Waals surface area contributed by atoms with Crippen LogP contribution < -0.4 is 5.56 Å². The number of nitrogens with one attached hydrogen (secondary N) is 1. The van der Waals surface area contributed by atoms with E-state index in [4.69, 9.17) is 0 Å². The lowest BCUT2D eigenvalue weighted by Crippen LogP contribution is -2.08. The Labute approximate surface area is 102 Å². The Morgan fingerprint density at radius 1 is 1.28 bits per heavy atom. The van der Waals surface area contributed by atoms with Gasteiger partial charge in [-0.2, -0.15) is 5.10 Å². The molecule has 1 aromatic carbocycles. The first-order valence-electron chi connectivity index (χ1n) is 5.48. The van der Waals surface area contributed by atoms with Crippen LogP contribution in [-0.2, 0) is 0 Å². The summed E-state index contributed by atoms with van der Waals surface area (Å²) in [5.74, 6) is 0.254. The molecule has 2 heterocycles. The third-order valence-corrected chi connectivity index (χ3v) is 2.88. The average molecular weight is 243 g/mol. The molecule has 0 aliphatic rings. The van der Waals surface area contributed by atoms with Crippen molar-refractivity contribution in [3.05, 3.63) is 58.3 Å². The van der Waals surface area contributed by atoms with Crippen LogP contribution in [-0.4, -0.2) is 14.8 Å². The predicted molar refractivity (Wildman–Crippen MR) is 66.4 cm³/mol. The number of rotatable bonds is 1. The van der Waals surface area contributed by atoms with E-state index in [0.29, 0.717) is 5.82 Å². The molecule has 0 radical (unpaired) electrons. The molecule has 2 aromatic heterocycles. The molecule has 90 valence electrons. The summed E-state index contributed by atoms with van der Waals surface area (Å²) in [5, 5.41) is 7.27. The van der Waals surface area contributed by atoms with Crippen LogP contribution in [0.2, 0.25) is 0 Å². The molecule has 0 amide bonds. The molecule has 4 nitrogen and oxygen atoms in total. The van der Waals surface area contributed by atoms with Gasteiger partial charge in [-0.15, -0.1) is 0 Å². The molecule has 0 spiro atoms. The predicted octanol–water partition coefficient (Wildman–Crippen LogP) is 2.16. The monoisotopic (exact) mass is 243 g/mol. The van der Waals surface area contributed by atoms with E-state index in [1.807, 2.05) is 13.1 Å². The minimum absolute atomic E-state index is 0.266. The summed E-state index contributed by atoms with van der Waals surface area (Å²) >= 11 is 0. The summed E-state index contributed by atoms with van der Waals surface area (Å²) in [6.45, 7) is 1.95. The van der Waals surface area contributed by atoms with Crippen LogP contribution >= 0.6 is 0 Å². The first-order valence-corrected chi connectivity index (χ1v) is 5.48. The maximum Gasteiger partial charge on any atom is 0.264 e. The van der Waals surface area contributed by atoms with Crippen molar-refractivity contribution in [2.75, 3.05) is 0 Å². The normalized spacial score (nSPS) is 11.0. The van der Waals surface area contributed by atoms with Gasteiger partial charge >= 0.3 is 0 Å². The van der Waals surface area contributed by atoms with Crippen LogP contribution in [0.4, 0.5) is 4.39 Å². The van der Waals surface area contributed by atoms with E-state index in [0.717, 1.165) is 16.5 Å². The van der Waals surface area contributed by atoms with Gasteiger partial charge in [-0.1, -0.05) is 0 Å². The van der Waals surface area contributed by atoms with E-state index >= 15 is 0 Å². The second-order valence-corrected chi connectivity index (χ2v) is 4.12. The summed E-state index contributed by atoms with van der Waals surface area (Å²) in [6.07, 6.45) is 1.87. The fraction of sp³-hybridized carbons (Fsp3) is 0.0769. The topological polar surface area (TPSA) is 50.7 Å². The first kappa shape index (κ1) is 10.7. The van der Waals surface area contributed by atoms with Crippen molar-refractivity contribution in [1.29, 1.82) is 0 Å². The Morgan fingerprint density at radius 3 is 2.83 bits per heavy atom. The van der Waals surface area contributed by atoms with Crippen LogP contribution in [0, 0.1) is 12.7 Å². The van der Waals surface area contributed by atoms with Crippen molar-refractivity contribution in [3.63, 3.8) is 0 Å². The zero-order valence-electron chi connectivity index (χ0n) is 9.64. The fourth-order valence-electron chi connectivity index (χ4n) is 2.03. The van der Waals surface area contributed by atoms with E-state index < -0.39 is 0 Å². The maximum atomic E-state index is 13.3. The molecule has 0 unspecified atom stereocenters. The zero-order valence-corrected chi connectivity index (χ0v) is 9.64. The molecule has 0 saturated heterocycles. The molecule has 0 bridgehead atoms. The van der Waals surface area contributed by atoms with Crippen molar-refractivity contribution < 1.29 is 4.39 Å². The maximum absolute atomic E-state index is 13.3. The number of fused-ring (bicyclic) bond motifs is 1. The summed E-state index contributed by atoms with van der Waals surface area (Å²) in [7, 11) is 0. The highest BCUT2D eigenvalue weighted by Crippen LogP contribution is 2.23. The Balaban J connectivity index is 2.32. The van der Waals surface area contributed by atoms with Gasteiger partial charge in [0.05, 0.1) is 5.52 Å². The molecule has 18 heavy (non-hydrogen) atoms. The van der Waals surface area contributed by atoms with Crippen molar-refractivity contribution in [3.8, 4) is 5.82 Å². The Kier molecular flexibility index (Phi) is 2.26. The van der Waals surface area contributed by atoms with Gasteiger partial charge in [-0.05, 0) is 36.8 Å². The lowest BCUT2D eigenvalue weighted by atomic mass is 10.2. The molecule has 5 heteroatoms. The number of aromatic nitrogens is 3. The van der Waals surface area contributed by atoms with Crippen molar-refractivity contribution >= 4 is 10.9 Å². The number of aryl methyl sites for hydroxylation is 1. The number of nitrogens with zero attached hydrogens (tertiary/aromatic N) is 2. The second kappa shape index (κ2) is 3.80. The van der Waals surface area contributed by atoms with Gasteiger partial charge in [0.15, 0.2) is 5.82 Å². The summed E-state index contributed by atoms with van der Waals surface area (Å²) in [4.78, 5) is 11.0. The second-order valence-electron chi connectivity index (χ2n) is 4.12. The van der Waals surface area contributed by atoms with Gasteiger partial charge in [-0.3, -0.25) is 9.36 Å². The number of hydrogen-bond acceptors (Lipinski definition) is 2. The fourth-order valence-corrected chi connectivity index (χ4v) is 2.03. The molecule has 0 fully saturated rings. The number of H-pyrrole nitrogens is 1. The molecule has 3 rings (SSSR count). The molecule has 1 N–H and O–H groups in total. The van der Waals surface area contributed by atoms with Gasteiger partial charge in [0.2, 0.25) is 0 Å². The summed E-state index contributed by atoms with van der Waals surface area (Å²) < 4.78 is 15.1. The Bertz CT molecular complexity index is 768. The van der Waals surface area contributed by atoms with Crippen molar-refractivity contribution in [2.24, 2.45) is 0 Å². The quantitative estimate of drug-likeness (QED) is 0.712. The van der Waals surface area contributed by atoms with Crippen LogP contribution in [0.5, 0.6) is 0 Å². The number of hydrogen-bond donors (Lipinski definition) is 1. The SMILES string of the molecule is Cc1cn(-c2ccc(=O)[nH]n2)c2cc(F)ccc12. The van der Waals surface area contributed by atoms with Crippen LogP contribution in [0.3, 0.4) is 0 Å². The smallest absolute Gasteiger partial charge is 0.264 e. The highest BCUT2D eigenvalue weighted by Gasteiger charge is 2.08. The van der Waals surface area contributed by atoms with Crippen LogP contribution in [0.15, 0.2) is 41.3 Å². The zero-order chi connectivity index (χ0) is 12.7. The van der Waals surface area contributed by atoms with E-state index in [1.165, 1.54) is 18.2 Å². The van der Waals surface area contributed by atoms with E-state index in [-0.39, 0.29) is 11.4 Å². The molecule has 0 aliphatic carbocycles. The third-order valence-electron chi connectivity index (χ3n) is 2.88. The standard InChI is InChI=1S/C13H10FN3O/c1-8-7-17(12-4-5-13(18)16-15-12)11-6-9(14)2-3-10(8)11/h2-7H,1H3,(H,16,18). The highest BCUT2D eigenvalue weighted by molar-refractivity contribution is 5.85. The molecular formula is C13H10FN3O. The van der Waals surface area contributed by atoms with Gasteiger partial charge < -0.3 is 0 Å². The van der Waals surface area contributed by atoms with Gasteiger partial charge in [-0.25, -0.2) is 9.49 Å². The highest BCUT2D eigenvalue weighted by atomic mass is 19.1. The van der Waals surface area contributed by atoms with E-state index in [9.17, 15) is 9.18 Å². The Morgan fingerprint density at radius 2 is 2.11 bits per heavy atom. The molecule has 3 aromatic rings. The third kappa shape index (κ3) is 1.60. The van der Waals surface area contributed by atoms with Gasteiger partial charge in [0.25, 0.3) is 5.56 Å². The largest absolute Gasteiger partial charge is 0.299 e. The summed E-state index contributed by atoms with van der Waals surface area (Å²) in [5.41, 5.74) is 1.49. The average Bonchev–Trinajstić information content (AvgIpc) is 2.67. The van der Waals surface area contributed by atoms with Gasteiger partial charge in [0, 0.05) is 17.6 Å². The Hall–Kier alpha value is -2.43. The van der Waals surface area contributed by atoms with E-state index in [2.05, 4.69) is 10.2 Å². The van der Waals surface area contributed by atoms with Crippen molar-refractivity contribution in [1.82, 2.24) is 14.8 Å². The number of aromatic amines is 1. The van der Waals surface area contributed by atoms with Crippen LogP contribution in [0.25, 0.3) is 16.7 Å². The number of benzene rings is 1. The van der Waals surface area contributed by atoms with E-state index in [1.54, 1.807) is 16.7 Å². The van der Waals surface area contributed by atoms with Crippen LogP contribution in [0.1, 0.15) is 5.56 Å². The molecule has 0 saturated carbocycles. The lowest BCUT2D eigenvalue weighted by Gasteiger charge is -2.02. The minimum Gasteiger partial charge on any atom is -0.299 e.